The van der Waals surface area contributed by atoms with Crippen LogP contribution in [0.1, 0.15) is 110 Å². The van der Waals surface area contributed by atoms with E-state index in [4.69, 9.17) is 10.5 Å². The van der Waals surface area contributed by atoms with E-state index < -0.39 is 0 Å². The number of carbonyl (C=O) groups is 1. The standard InChI is InChI=1S/C31H49N5O2/c1-3-5-6-7-8-9-10-11-12-13-14-21-28(37)33-22-17-18-25(23-38-4-2)36-24-34-29-30(36)26-19-15-16-20-27(26)35-31(29)32/h15-16,19-20,24-25H,3-14,17-18,21-23H2,1-2H3,(H2,32,35)(H,33,37). The molecule has 210 valence electrons. The molecule has 0 aliphatic heterocycles. The number of nitrogens with two attached hydrogens (primary N) is 1. The minimum Gasteiger partial charge on any atom is -0.382 e. The van der Waals surface area contributed by atoms with Crippen molar-refractivity contribution >= 4 is 33.7 Å². The van der Waals surface area contributed by atoms with Crippen LogP contribution < -0.4 is 11.1 Å². The number of fused-ring (bicyclic) bond motifs is 3. The normalized spacial score (nSPS) is 12.4. The SMILES string of the molecule is CCCCCCCCCCCCCC(=O)NCCCC(COCC)n1cnc2c(N)nc3ccccc3c21. The molecule has 7 heteroatoms. The first-order chi connectivity index (χ1) is 18.7. The number of nitrogen functional groups attached to an aromatic ring is 1. The third-order valence-corrected chi connectivity index (χ3v) is 7.39. The number of anilines is 1. The smallest absolute Gasteiger partial charge is 0.219 e. The lowest BCUT2D eigenvalue weighted by molar-refractivity contribution is -0.121. The Morgan fingerprint density at radius 1 is 0.974 bits per heavy atom. The van der Waals surface area contributed by atoms with Crippen LogP contribution in [0.5, 0.6) is 0 Å². The molecule has 3 rings (SSSR count). The van der Waals surface area contributed by atoms with Gasteiger partial charge < -0.3 is 20.4 Å². The van der Waals surface area contributed by atoms with Crippen LogP contribution in [0, 0.1) is 0 Å². The van der Waals surface area contributed by atoms with Gasteiger partial charge in [0.05, 0.1) is 30.0 Å². The summed E-state index contributed by atoms with van der Waals surface area (Å²) in [5, 5.41) is 4.15. The Bertz CT molecular complexity index is 1100. The highest BCUT2D eigenvalue weighted by molar-refractivity contribution is 6.06. The predicted molar refractivity (Wildman–Crippen MR) is 158 cm³/mol. The summed E-state index contributed by atoms with van der Waals surface area (Å²) < 4.78 is 8.01. The molecule has 0 aliphatic rings. The number of nitrogens with zero attached hydrogens (tertiary/aromatic N) is 3. The van der Waals surface area contributed by atoms with Gasteiger partial charge in [-0.15, -0.1) is 0 Å². The molecule has 0 bridgehead atoms. The molecule has 1 atom stereocenters. The Morgan fingerprint density at radius 3 is 2.37 bits per heavy atom. The minimum atomic E-state index is 0.105. The van der Waals surface area contributed by atoms with Crippen molar-refractivity contribution in [3.8, 4) is 0 Å². The first-order valence-corrected chi connectivity index (χ1v) is 15.0. The van der Waals surface area contributed by atoms with E-state index in [2.05, 4.69) is 32.8 Å². The molecule has 2 aromatic heterocycles. The lowest BCUT2D eigenvalue weighted by Crippen LogP contribution is -2.25. The predicted octanol–water partition coefficient (Wildman–Crippen LogP) is 7.34. The highest BCUT2D eigenvalue weighted by Crippen LogP contribution is 2.30. The summed E-state index contributed by atoms with van der Waals surface area (Å²) in [6.07, 6.45) is 18.5. The van der Waals surface area contributed by atoms with Gasteiger partial charge in [0.1, 0.15) is 5.52 Å². The first-order valence-electron chi connectivity index (χ1n) is 15.0. The fraction of sp³-hybridized carbons (Fsp3) is 0.645. The largest absolute Gasteiger partial charge is 0.382 e. The van der Waals surface area contributed by atoms with E-state index in [9.17, 15) is 4.79 Å². The van der Waals surface area contributed by atoms with E-state index in [0.29, 0.717) is 32.0 Å². The molecule has 1 aromatic carbocycles. The van der Waals surface area contributed by atoms with Crippen LogP contribution in [0.15, 0.2) is 30.6 Å². The van der Waals surface area contributed by atoms with Crippen LogP contribution in [0.2, 0.25) is 0 Å². The number of hydrogen-bond acceptors (Lipinski definition) is 5. The summed E-state index contributed by atoms with van der Waals surface area (Å²) in [6.45, 7) is 6.20. The van der Waals surface area contributed by atoms with E-state index in [1.165, 1.54) is 57.8 Å². The maximum atomic E-state index is 12.3. The van der Waals surface area contributed by atoms with E-state index in [-0.39, 0.29) is 11.9 Å². The number of benzene rings is 1. The molecule has 0 fully saturated rings. The minimum absolute atomic E-state index is 0.105. The van der Waals surface area contributed by atoms with Crippen LogP contribution in [0.4, 0.5) is 5.82 Å². The van der Waals surface area contributed by atoms with Crippen molar-refractivity contribution in [3.63, 3.8) is 0 Å². The third kappa shape index (κ3) is 9.26. The van der Waals surface area contributed by atoms with Gasteiger partial charge in [-0.05, 0) is 32.3 Å². The first kappa shape index (κ1) is 29.9. The lowest BCUT2D eigenvalue weighted by atomic mass is 10.1. The van der Waals surface area contributed by atoms with Gasteiger partial charge in [-0.3, -0.25) is 4.79 Å². The number of ether oxygens (including phenoxy) is 1. The number of nitrogens with one attached hydrogen (secondary N) is 1. The van der Waals surface area contributed by atoms with Crippen LogP contribution in [-0.4, -0.2) is 40.2 Å². The molecule has 0 radical (unpaired) electrons. The second kappa shape index (κ2) is 17.0. The summed E-state index contributed by atoms with van der Waals surface area (Å²) in [6, 6.07) is 8.13. The fourth-order valence-corrected chi connectivity index (χ4v) is 5.21. The average molecular weight is 524 g/mol. The Hall–Kier alpha value is -2.67. The second-order valence-corrected chi connectivity index (χ2v) is 10.5. The van der Waals surface area contributed by atoms with Crippen LogP contribution in [0.3, 0.4) is 0 Å². The fourth-order valence-electron chi connectivity index (χ4n) is 5.21. The summed E-state index contributed by atoms with van der Waals surface area (Å²) in [5.41, 5.74) is 8.82. The van der Waals surface area contributed by atoms with E-state index in [0.717, 1.165) is 47.6 Å². The number of aromatic nitrogens is 3. The van der Waals surface area contributed by atoms with Crippen molar-refractivity contribution in [2.24, 2.45) is 0 Å². The monoisotopic (exact) mass is 523 g/mol. The zero-order chi connectivity index (χ0) is 27.0. The number of hydrogen-bond donors (Lipinski definition) is 2. The Labute approximate surface area is 228 Å². The summed E-state index contributed by atoms with van der Waals surface area (Å²) in [7, 11) is 0. The molecular weight excluding hydrogens is 474 g/mol. The molecule has 3 N–H and O–H groups in total. The van der Waals surface area contributed by atoms with E-state index in [1.54, 1.807) is 0 Å². The van der Waals surface area contributed by atoms with Crippen molar-refractivity contribution < 1.29 is 9.53 Å². The number of carbonyl (C=O) groups excluding carboxylic acids is 1. The van der Waals surface area contributed by atoms with Crippen LogP contribution >= 0.6 is 0 Å². The van der Waals surface area contributed by atoms with Crippen molar-refractivity contribution in [2.75, 3.05) is 25.5 Å². The molecule has 0 saturated carbocycles. The topological polar surface area (TPSA) is 95.1 Å². The van der Waals surface area contributed by atoms with Crippen molar-refractivity contribution in [1.82, 2.24) is 19.9 Å². The molecule has 7 nitrogen and oxygen atoms in total. The average Bonchev–Trinajstić information content (AvgIpc) is 3.37. The zero-order valence-corrected chi connectivity index (χ0v) is 23.7. The maximum absolute atomic E-state index is 12.3. The van der Waals surface area contributed by atoms with Crippen molar-refractivity contribution in [3.05, 3.63) is 30.6 Å². The van der Waals surface area contributed by atoms with Crippen LogP contribution in [0.25, 0.3) is 21.9 Å². The molecule has 38 heavy (non-hydrogen) atoms. The Morgan fingerprint density at radius 2 is 1.66 bits per heavy atom. The Balaban J connectivity index is 1.39. The highest BCUT2D eigenvalue weighted by Gasteiger charge is 2.18. The van der Waals surface area contributed by atoms with Gasteiger partial charge in [-0.25, -0.2) is 9.97 Å². The summed E-state index contributed by atoms with van der Waals surface area (Å²) in [4.78, 5) is 21.4. The van der Waals surface area contributed by atoms with Gasteiger partial charge in [0.25, 0.3) is 0 Å². The van der Waals surface area contributed by atoms with Crippen molar-refractivity contribution in [1.29, 1.82) is 0 Å². The van der Waals surface area contributed by atoms with Gasteiger partial charge in [0.2, 0.25) is 5.91 Å². The zero-order valence-electron chi connectivity index (χ0n) is 23.7. The van der Waals surface area contributed by atoms with Crippen molar-refractivity contribution in [2.45, 2.75) is 110 Å². The summed E-state index contributed by atoms with van der Waals surface area (Å²) >= 11 is 0. The van der Waals surface area contributed by atoms with Gasteiger partial charge in [-0.1, -0.05) is 89.3 Å². The third-order valence-electron chi connectivity index (χ3n) is 7.39. The number of unbranched alkanes of at least 4 members (excludes halogenated alkanes) is 10. The van der Waals surface area contributed by atoms with Crippen LogP contribution in [-0.2, 0) is 9.53 Å². The number of imidazole rings is 1. The number of amides is 1. The van der Waals surface area contributed by atoms with E-state index >= 15 is 0 Å². The molecule has 2 heterocycles. The van der Waals surface area contributed by atoms with E-state index in [1.807, 2.05) is 31.5 Å². The quantitative estimate of drug-likeness (QED) is 0.151. The molecule has 3 aromatic rings. The molecule has 1 unspecified atom stereocenters. The van der Waals surface area contributed by atoms with Gasteiger partial charge in [0, 0.05) is 25.0 Å². The van der Waals surface area contributed by atoms with Gasteiger partial charge in [0.15, 0.2) is 5.82 Å². The highest BCUT2D eigenvalue weighted by atomic mass is 16.5. The lowest BCUT2D eigenvalue weighted by Gasteiger charge is -2.20. The number of pyridine rings is 1. The molecule has 0 aliphatic carbocycles. The van der Waals surface area contributed by atoms with Gasteiger partial charge in [-0.2, -0.15) is 0 Å². The second-order valence-electron chi connectivity index (χ2n) is 10.5. The van der Waals surface area contributed by atoms with Gasteiger partial charge >= 0.3 is 0 Å². The number of para-hydroxylation sites is 1. The maximum Gasteiger partial charge on any atom is 0.219 e. The number of rotatable bonds is 20. The molecule has 0 spiro atoms. The summed E-state index contributed by atoms with van der Waals surface area (Å²) in [5.74, 6) is 0.613. The molecular formula is C31H49N5O2. The molecule has 1 amide bonds. The molecule has 0 saturated heterocycles. The Kier molecular flexibility index (Phi) is 13.4.